The molecule has 224 valence electrons. The fourth-order valence-electron chi connectivity index (χ4n) is 4.08. The number of amides is 2. The fraction of sp³-hybridized carbons (Fsp3) is 0.375. The van der Waals surface area contributed by atoms with E-state index in [1.165, 1.54) is 18.7 Å². The number of oxime groups is 1. The van der Waals surface area contributed by atoms with E-state index in [-0.39, 0.29) is 27.4 Å². The number of aromatic nitrogens is 2. The molecule has 0 bridgehead atoms. The maximum Gasteiger partial charge on any atom is 0.352 e. The van der Waals surface area contributed by atoms with Gasteiger partial charge in [-0.2, -0.15) is 0 Å². The molecule has 0 radical (unpaired) electrons. The number of carbonyl (C=O) groups excluding carboxylic acids is 2. The first-order valence-electron chi connectivity index (χ1n) is 12.5. The second kappa shape index (κ2) is 13.4. The number of rotatable bonds is 13. The van der Waals surface area contributed by atoms with Crippen molar-refractivity contribution < 1.29 is 38.8 Å². The third-order valence-electron chi connectivity index (χ3n) is 6.20. The molecule has 1 fully saturated rings. The van der Waals surface area contributed by atoms with Gasteiger partial charge in [0.05, 0.1) is 0 Å². The van der Waals surface area contributed by atoms with E-state index in [1.807, 2.05) is 36.1 Å². The summed E-state index contributed by atoms with van der Waals surface area (Å²) in [6.07, 6.45) is 2.23. The van der Waals surface area contributed by atoms with Crippen LogP contribution in [-0.2, 0) is 30.6 Å². The summed E-state index contributed by atoms with van der Waals surface area (Å²) in [4.78, 5) is 59.8. The van der Waals surface area contributed by atoms with Crippen LogP contribution in [0.4, 0.5) is 10.8 Å². The summed E-state index contributed by atoms with van der Waals surface area (Å²) in [5.74, 6) is -3.85. The summed E-state index contributed by atoms with van der Waals surface area (Å²) >= 11 is 8.30. The zero-order valence-corrected chi connectivity index (χ0v) is 24.8. The van der Waals surface area contributed by atoms with Gasteiger partial charge in [0.25, 0.3) is 11.8 Å². The standard InChI is InChI=1S/C24H27ClN8O7S2/c1-11(22(36)37)40-31-15(14-18(25)42-24(26)30-14)19(34)29-16-20(35)33-17(23(38)39)12(10-41-21(16)33)9-32-7-3-13(4-8-32)28-6-5-27-2/h3-4,7-8,11,16,21,27H,5-6,9-10H2,1-2H3,(H5,26,29,30,34,36,37,38,39)/p+1/b31-15-/t11-,16+,21+/m0/s1. The highest BCUT2D eigenvalue weighted by atomic mass is 35.5. The Kier molecular flexibility index (Phi) is 9.87. The lowest BCUT2D eigenvalue weighted by molar-refractivity contribution is -0.688. The van der Waals surface area contributed by atoms with Crippen LogP contribution in [0.25, 0.3) is 0 Å². The van der Waals surface area contributed by atoms with Crippen LogP contribution in [0.2, 0.25) is 4.34 Å². The SMILES string of the molecule is CNCCNc1cc[n+](CC2=C(C(=O)O)N3C(=O)[C@@H](NC(=O)/C(=N\O[C@@H](C)C(=O)O)c4nc(N)sc4Cl)[C@H]3SC2)cc1. The van der Waals surface area contributed by atoms with Crippen LogP contribution in [0.15, 0.2) is 41.0 Å². The van der Waals surface area contributed by atoms with Crippen molar-refractivity contribution in [2.24, 2.45) is 5.16 Å². The number of hydrogen-bond acceptors (Lipinski definition) is 12. The second-order valence-corrected chi connectivity index (χ2v) is 11.8. The zero-order chi connectivity index (χ0) is 30.6. The van der Waals surface area contributed by atoms with Gasteiger partial charge in [-0.1, -0.05) is 28.1 Å². The van der Waals surface area contributed by atoms with Gasteiger partial charge >= 0.3 is 11.9 Å². The Morgan fingerprint density at radius 1 is 1.31 bits per heavy atom. The molecule has 0 aromatic carbocycles. The first-order valence-corrected chi connectivity index (χ1v) is 14.7. The Hall–Kier alpha value is -3.93. The van der Waals surface area contributed by atoms with Crippen LogP contribution in [0.5, 0.6) is 0 Å². The summed E-state index contributed by atoms with van der Waals surface area (Å²) in [5, 5.41) is 30.9. The van der Waals surface area contributed by atoms with E-state index in [0.29, 0.717) is 11.3 Å². The molecule has 2 aliphatic rings. The molecule has 2 aromatic heterocycles. The molecule has 2 aliphatic heterocycles. The number of hydrogen-bond donors (Lipinski definition) is 6. The molecule has 2 aromatic rings. The number of carbonyl (C=O) groups is 4. The first-order chi connectivity index (χ1) is 20.0. The normalized spacial score (nSPS) is 19.1. The average Bonchev–Trinajstić information content (AvgIpc) is 3.29. The van der Waals surface area contributed by atoms with E-state index in [9.17, 15) is 24.3 Å². The van der Waals surface area contributed by atoms with Crippen molar-refractivity contribution in [2.75, 3.05) is 36.9 Å². The van der Waals surface area contributed by atoms with Crippen molar-refractivity contribution in [1.29, 1.82) is 0 Å². The van der Waals surface area contributed by atoms with Crippen LogP contribution in [-0.4, -0.2) is 93.0 Å². The van der Waals surface area contributed by atoms with Crippen molar-refractivity contribution in [3.8, 4) is 0 Å². The summed E-state index contributed by atoms with van der Waals surface area (Å²) in [5.41, 5.74) is 6.36. The van der Waals surface area contributed by atoms with Crippen molar-refractivity contribution in [1.82, 2.24) is 20.5 Å². The Labute approximate surface area is 252 Å². The van der Waals surface area contributed by atoms with Crippen LogP contribution >= 0.6 is 34.7 Å². The lowest BCUT2D eigenvalue weighted by Crippen LogP contribution is -2.71. The molecular formula is C24H28ClN8O7S2+. The molecule has 7 N–H and O–H groups in total. The number of halogens is 1. The van der Waals surface area contributed by atoms with Gasteiger partial charge in [-0.15, -0.1) is 11.8 Å². The van der Waals surface area contributed by atoms with Gasteiger partial charge in [-0.3, -0.25) is 14.5 Å². The number of nitrogens with zero attached hydrogens (tertiary/aromatic N) is 4. The van der Waals surface area contributed by atoms with E-state index in [1.54, 1.807) is 0 Å². The number of β-lactam (4-membered cyclic amide) rings is 1. The van der Waals surface area contributed by atoms with Gasteiger partial charge in [-0.25, -0.2) is 19.1 Å². The predicted octanol–water partition coefficient (Wildman–Crippen LogP) is -0.0699. The Bertz CT molecular complexity index is 1450. The second-order valence-electron chi connectivity index (χ2n) is 9.11. The topological polar surface area (TPSA) is 212 Å². The highest BCUT2D eigenvalue weighted by Gasteiger charge is 2.55. The van der Waals surface area contributed by atoms with Gasteiger partial charge in [0, 0.05) is 42.2 Å². The van der Waals surface area contributed by atoms with Crippen molar-refractivity contribution in [2.45, 2.75) is 31.0 Å². The van der Waals surface area contributed by atoms with E-state index in [4.69, 9.17) is 27.3 Å². The number of nitrogens with two attached hydrogens (primary N) is 1. The van der Waals surface area contributed by atoms with Gasteiger partial charge in [0.1, 0.15) is 27.1 Å². The summed E-state index contributed by atoms with van der Waals surface area (Å²) in [6, 6.07) is 2.65. The molecule has 4 rings (SSSR count). The summed E-state index contributed by atoms with van der Waals surface area (Å²) < 4.78 is 1.82. The van der Waals surface area contributed by atoms with Crippen LogP contribution in [0.3, 0.4) is 0 Å². The van der Waals surface area contributed by atoms with Gasteiger partial charge < -0.3 is 36.7 Å². The monoisotopic (exact) mass is 639 g/mol. The Morgan fingerprint density at radius 2 is 2.02 bits per heavy atom. The molecule has 0 unspecified atom stereocenters. The van der Waals surface area contributed by atoms with Crippen LogP contribution < -0.4 is 26.3 Å². The highest BCUT2D eigenvalue weighted by molar-refractivity contribution is 8.00. The van der Waals surface area contributed by atoms with Gasteiger partial charge in [0.15, 0.2) is 29.8 Å². The number of thiazole rings is 1. The average molecular weight is 640 g/mol. The van der Waals surface area contributed by atoms with Gasteiger partial charge in [0.2, 0.25) is 6.10 Å². The molecule has 0 aliphatic carbocycles. The number of nitrogens with one attached hydrogen (secondary N) is 3. The smallest absolute Gasteiger partial charge is 0.352 e. The Morgan fingerprint density at radius 3 is 2.62 bits per heavy atom. The largest absolute Gasteiger partial charge is 0.478 e. The maximum absolute atomic E-state index is 13.2. The number of fused-ring (bicyclic) bond motifs is 1. The molecular weight excluding hydrogens is 612 g/mol. The molecule has 18 heteroatoms. The lowest BCUT2D eigenvalue weighted by atomic mass is 10.0. The molecule has 42 heavy (non-hydrogen) atoms. The van der Waals surface area contributed by atoms with E-state index in [0.717, 1.165) is 35.0 Å². The quantitative estimate of drug-likeness (QED) is 0.0559. The van der Waals surface area contributed by atoms with Gasteiger partial charge in [-0.05, 0) is 14.0 Å². The molecule has 4 heterocycles. The Balaban J connectivity index is 1.50. The van der Waals surface area contributed by atoms with Crippen molar-refractivity contribution in [3.63, 3.8) is 0 Å². The number of carboxylic acids is 2. The van der Waals surface area contributed by atoms with E-state index < -0.39 is 47.0 Å². The maximum atomic E-state index is 13.2. The minimum atomic E-state index is -1.40. The summed E-state index contributed by atoms with van der Waals surface area (Å²) in [6.45, 7) is 3.00. The first kappa shape index (κ1) is 31.0. The molecule has 0 spiro atoms. The number of nitrogen functional groups attached to an aromatic ring is 1. The number of thioether (sulfide) groups is 1. The lowest BCUT2D eigenvalue weighted by Gasteiger charge is -2.49. The highest BCUT2D eigenvalue weighted by Crippen LogP contribution is 2.40. The zero-order valence-electron chi connectivity index (χ0n) is 22.4. The number of carboxylic acid groups (broad SMARTS) is 2. The minimum absolute atomic E-state index is 0.00148. The van der Waals surface area contributed by atoms with Crippen molar-refractivity contribution >= 4 is 75.0 Å². The summed E-state index contributed by atoms with van der Waals surface area (Å²) in [7, 11) is 1.86. The third-order valence-corrected chi connectivity index (χ3v) is 8.62. The number of anilines is 2. The van der Waals surface area contributed by atoms with E-state index in [2.05, 4.69) is 26.1 Å². The molecule has 1 saturated heterocycles. The minimum Gasteiger partial charge on any atom is -0.478 e. The molecule has 0 saturated carbocycles. The van der Waals surface area contributed by atoms with Crippen LogP contribution in [0, 0.1) is 0 Å². The molecule has 3 atom stereocenters. The van der Waals surface area contributed by atoms with E-state index >= 15 is 0 Å². The fourth-order valence-corrected chi connectivity index (χ4v) is 6.34. The third kappa shape index (κ3) is 6.75. The number of pyridine rings is 1. The molecule has 2 amide bonds. The van der Waals surface area contributed by atoms with Crippen LogP contribution in [0.1, 0.15) is 12.6 Å². The molecule has 15 nitrogen and oxygen atoms in total. The number of aliphatic carboxylic acids is 2. The number of likely N-dealkylation sites (N-methyl/N-ethyl adjacent to an activating group) is 1. The van der Waals surface area contributed by atoms with Crippen molar-refractivity contribution in [3.05, 3.63) is 45.8 Å². The predicted molar refractivity (Wildman–Crippen MR) is 155 cm³/mol.